The van der Waals surface area contributed by atoms with Crippen molar-refractivity contribution in [1.82, 2.24) is 19.8 Å². The summed E-state index contributed by atoms with van der Waals surface area (Å²) in [5, 5.41) is 3.25. The Morgan fingerprint density at radius 1 is 0.917 bits per heavy atom. The van der Waals surface area contributed by atoms with Gasteiger partial charge in [-0.3, -0.25) is 14.5 Å². The van der Waals surface area contributed by atoms with E-state index in [0.717, 1.165) is 67.4 Å². The Morgan fingerprint density at radius 3 is 2.31 bits per heavy atom. The van der Waals surface area contributed by atoms with Gasteiger partial charge in [0.05, 0.1) is 5.56 Å². The van der Waals surface area contributed by atoms with Gasteiger partial charge in [0.15, 0.2) is 5.78 Å². The van der Waals surface area contributed by atoms with Crippen LogP contribution >= 0.6 is 0 Å². The van der Waals surface area contributed by atoms with E-state index in [1.54, 1.807) is 25.3 Å². The Bertz CT molecular complexity index is 1750. The lowest BCUT2D eigenvalue weighted by atomic mass is 9.99. The number of Topliss-reactive ketones (excluding diaryl/α,β-unsaturated/α-hetero) is 2. The number of aryl methyl sites for hydroxylation is 1. The third-order valence-corrected chi connectivity index (χ3v) is 8.55. The molecule has 5 rings (SSSR count). The van der Waals surface area contributed by atoms with Crippen molar-refractivity contribution >= 4 is 34.7 Å². The molecule has 1 aliphatic rings. The molecule has 0 saturated carbocycles. The average molecular weight is 659 g/mol. The van der Waals surface area contributed by atoms with Crippen LogP contribution in [0.3, 0.4) is 0 Å². The molecule has 2 heterocycles. The number of hydrogen-bond acceptors (Lipinski definition) is 8. The molecule has 252 valence electrons. The number of nitrogens with zero attached hydrogens (tertiary/aromatic N) is 5. The van der Waals surface area contributed by atoms with E-state index < -0.39 is 11.7 Å². The minimum atomic E-state index is -4.46. The lowest BCUT2D eigenvalue weighted by Crippen LogP contribution is -2.44. The second kappa shape index (κ2) is 15.1. The second-order valence-electron chi connectivity index (χ2n) is 12.4. The predicted octanol–water partition coefficient (Wildman–Crippen LogP) is 7.01. The number of piperazine rings is 1. The Balaban J connectivity index is 1.23. The summed E-state index contributed by atoms with van der Waals surface area (Å²) in [6.07, 6.45) is -2.35. The molecule has 0 amide bonds. The van der Waals surface area contributed by atoms with E-state index in [1.165, 1.54) is 0 Å². The molecule has 1 saturated heterocycles. The van der Waals surface area contributed by atoms with Gasteiger partial charge in [-0.15, -0.1) is 0 Å². The van der Waals surface area contributed by atoms with Crippen LogP contribution in [0.4, 0.5) is 36.3 Å². The number of anilines is 4. The van der Waals surface area contributed by atoms with Gasteiger partial charge < -0.3 is 15.1 Å². The molecule has 8 nitrogen and oxygen atoms in total. The lowest BCUT2D eigenvalue weighted by Gasteiger charge is -2.32. The molecule has 3 aromatic carbocycles. The van der Waals surface area contributed by atoms with Crippen LogP contribution in [0.25, 0.3) is 0 Å². The summed E-state index contributed by atoms with van der Waals surface area (Å²) in [5.41, 5.74) is 4.11. The highest BCUT2D eigenvalue weighted by molar-refractivity contribution is 5.98. The summed E-state index contributed by atoms with van der Waals surface area (Å²) in [7, 11) is 3.99. The highest BCUT2D eigenvalue weighted by Crippen LogP contribution is 2.31. The molecular weight excluding hydrogens is 617 g/mol. The van der Waals surface area contributed by atoms with Crippen LogP contribution in [-0.4, -0.2) is 71.6 Å². The highest BCUT2D eigenvalue weighted by Gasteiger charge is 2.31. The Hall–Kier alpha value is -4.61. The van der Waals surface area contributed by atoms with Crippen LogP contribution < -0.4 is 10.2 Å². The fourth-order valence-electron chi connectivity index (χ4n) is 5.83. The van der Waals surface area contributed by atoms with Crippen LogP contribution in [0.2, 0.25) is 0 Å². The van der Waals surface area contributed by atoms with Crippen LogP contribution in [0.5, 0.6) is 0 Å². The molecule has 0 bridgehead atoms. The molecule has 0 atom stereocenters. The van der Waals surface area contributed by atoms with Crippen LogP contribution in [0.15, 0.2) is 72.9 Å². The maximum absolute atomic E-state index is 13.2. The number of aromatic nitrogens is 2. The number of ketones is 2. The van der Waals surface area contributed by atoms with E-state index in [4.69, 9.17) is 0 Å². The number of carbonyl (C=O) groups is 2. The smallest absolute Gasteiger partial charge is 0.329 e. The van der Waals surface area contributed by atoms with Gasteiger partial charge in [-0.2, -0.15) is 18.2 Å². The van der Waals surface area contributed by atoms with E-state index >= 15 is 0 Å². The van der Waals surface area contributed by atoms with Gasteiger partial charge >= 0.3 is 6.18 Å². The summed E-state index contributed by atoms with van der Waals surface area (Å²) >= 11 is 0. The molecule has 4 aromatic rings. The summed E-state index contributed by atoms with van der Waals surface area (Å²) in [4.78, 5) is 41.3. The predicted molar refractivity (Wildman–Crippen MR) is 182 cm³/mol. The van der Waals surface area contributed by atoms with Crippen LogP contribution in [-0.2, 0) is 30.4 Å². The van der Waals surface area contributed by atoms with E-state index in [1.807, 2.05) is 61.3 Å². The van der Waals surface area contributed by atoms with E-state index in [2.05, 4.69) is 32.1 Å². The first-order valence-corrected chi connectivity index (χ1v) is 16.1. The summed E-state index contributed by atoms with van der Waals surface area (Å²) in [6.45, 7) is 8.14. The Labute approximate surface area is 279 Å². The van der Waals surface area contributed by atoms with Gasteiger partial charge in [0.25, 0.3) is 0 Å². The first-order valence-electron chi connectivity index (χ1n) is 16.1. The molecule has 0 radical (unpaired) electrons. The zero-order chi connectivity index (χ0) is 34.4. The zero-order valence-corrected chi connectivity index (χ0v) is 27.8. The van der Waals surface area contributed by atoms with Gasteiger partial charge in [0.2, 0.25) is 5.95 Å². The largest absolute Gasteiger partial charge is 0.416 e. The van der Waals surface area contributed by atoms with Crippen molar-refractivity contribution in [3.8, 4) is 0 Å². The molecule has 1 aliphatic heterocycles. The van der Waals surface area contributed by atoms with Gasteiger partial charge in [0, 0.05) is 82.2 Å². The van der Waals surface area contributed by atoms with E-state index in [-0.39, 0.29) is 24.4 Å². The molecule has 1 N–H and O–H groups in total. The first kappa shape index (κ1) is 34.7. The standard InChI is InChI=1S/C37H41F3N6O2/c1-5-34(48)33-23-30(9-8-28(33)24-46-16-14-44(3)15-17-46)42-36-41-13-12-35(43-36)45(4)31-10-6-26(7-11-31)21-32(47)22-27-18-25(2)19-29(20-27)37(38,39)40/h6-13,18-20,23H,5,14-17,21-22,24H2,1-4H3,(H,41,42,43). The van der Waals surface area contributed by atoms with Crippen molar-refractivity contribution in [3.05, 3.63) is 106 Å². The van der Waals surface area contributed by atoms with Crippen molar-refractivity contribution < 1.29 is 22.8 Å². The average Bonchev–Trinajstić information content (AvgIpc) is 3.05. The topological polar surface area (TPSA) is 81.7 Å². The number of halogens is 3. The molecule has 0 aliphatic carbocycles. The number of hydrogen-bond donors (Lipinski definition) is 1. The minimum Gasteiger partial charge on any atom is -0.329 e. The van der Waals surface area contributed by atoms with Crippen LogP contribution in [0, 0.1) is 6.92 Å². The SMILES string of the molecule is CCC(=O)c1cc(Nc2nccc(N(C)c3ccc(CC(=O)Cc4cc(C)cc(C(F)(F)F)c4)cc3)n2)ccc1CN1CCN(C)CC1. The van der Waals surface area contributed by atoms with Crippen molar-refractivity contribution in [3.63, 3.8) is 0 Å². The molecule has 1 fully saturated rings. The van der Waals surface area contributed by atoms with Crippen molar-refractivity contribution in [2.45, 2.75) is 45.8 Å². The third kappa shape index (κ3) is 9.05. The molecule has 1 aromatic heterocycles. The first-order chi connectivity index (χ1) is 22.9. The monoisotopic (exact) mass is 658 g/mol. The fraction of sp³-hybridized carbons (Fsp3) is 0.351. The summed E-state index contributed by atoms with van der Waals surface area (Å²) in [6, 6.07) is 18.8. The van der Waals surface area contributed by atoms with Crippen molar-refractivity contribution in [2.75, 3.05) is 50.5 Å². The molecule has 0 unspecified atom stereocenters. The van der Waals surface area contributed by atoms with Gasteiger partial charge in [-0.05, 0) is 73.1 Å². The second-order valence-corrected chi connectivity index (χ2v) is 12.4. The summed E-state index contributed by atoms with van der Waals surface area (Å²) in [5.74, 6) is 0.937. The quantitative estimate of drug-likeness (QED) is 0.163. The number of nitrogens with one attached hydrogen (secondary N) is 1. The third-order valence-electron chi connectivity index (χ3n) is 8.55. The van der Waals surface area contributed by atoms with Crippen molar-refractivity contribution in [2.24, 2.45) is 0 Å². The fourth-order valence-corrected chi connectivity index (χ4v) is 5.83. The lowest BCUT2D eigenvalue weighted by molar-refractivity contribution is -0.137. The highest BCUT2D eigenvalue weighted by atomic mass is 19.4. The number of alkyl halides is 3. The van der Waals surface area contributed by atoms with Crippen LogP contribution in [0.1, 0.15) is 51.5 Å². The normalized spacial score (nSPS) is 14.1. The molecular formula is C37H41F3N6O2. The number of benzene rings is 3. The molecule has 48 heavy (non-hydrogen) atoms. The number of likely N-dealkylation sites (N-methyl/N-ethyl adjacent to an activating group) is 1. The minimum absolute atomic E-state index is 0.0732. The van der Waals surface area contributed by atoms with Gasteiger partial charge in [-0.1, -0.05) is 36.8 Å². The Kier molecular flexibility index (Phi) is 10.9. The Morgan fingerprint density at radius 2 is 1.62 bits per heavy atom. The van der Waals surface area contributed by atoms with E-state index in [0.29, 0.717) is 34.9 Å². The van der Waals surface area contributed by atoms with Gasteiger partial charge in [0.1, 0.15) is 11.6 Å². The molecule has 11 heteroatoms. The zero-order valence-electron chi connectivity index (χ0n) is 27.8. The number of rotatable bonds is 12. The maximum Gasteiger partial charge on any atom is 0.416 e. The van der Waals surface area contributed by atoms with Gasteiger partial charge in [-0.25, -0.2) is 4.98 Å². The van der Waals surface area contributed by atoms with Crippen molar-refractivity contribution in [1.29, 1.82) is 0 Å². The van der Waals surface area contributed by atoms with E-state index in [9.17, 15) is 22.8 Å². The summed E-state index contributed by atoms with van der Waals surface area (Å²) < 4.78 is 39.6. The number of carbonyl (C=O) groups excluding carboxylic acids is 2. The molecule has 0 spiro atoms. The maximum atomic E-state index is 13.2.